The first-order valence-electron chi connectivity index (χ1n) is 4.72. The van der Waals surface area contributed by atoms with E-state index in [9.17, 15) is 23.8 Å². The molecule has 1 heterocycles. The molecule has 0 amide bonds. The number of carbonyl (C=O) groups is 1. The van der Waals surface area contributed by atoms with Crippen LogP contribution in [0.4, 0.5) is 8.78 Å². The van der Waals surface area contributed by atoms with Crippen molar-refractivity contribution >= 4 is 16.9 Å². The number of rotatable bonds is 4. The highest BCUT2D eigenvalue weighted by molar-refractivity contribution is 8.13. The number of hydrogen-bond donors (Lipinski definition) is 2. The molecule has 7 heteroatoms. The van der Waals surface area contributed by atoms with Crippen molar-refractivity contribution in [3.63, 3.8) is 0 Å². The second kappa shape index (κ2) is 6.04. The van der Waals surface area contributed by atoms with Crippen LogP contribution in [-0.4, -0.2) is 32.2 Å². The summed E-state index contributed by atoms with van der Waals surface area (Å²) >= 11 is 0.833. The average molecular weight is 263 g/mol. The summed E-state index contributed by atoms with van der Waals surface area (Å²) in [7, 11) is 0. The van der Waals surface area contributed by atoms with Gasteiger partial charge in [0.25, 0.3) is 0 Å². The van der Waals surface area contributed by atoms with E-state index < -0.39 is 24.0 Å². The number of carbonyl (C=O) groups excluding carboxylic acids is 1. The van der Waals surface area contributed by atoms with Gasteiger partial charge in [-0.1, -0.05) is 11.8 Å². The molecule has 17 heavy (non-hydrogen) atoms. The van der Waals surface area contributed by atoms with Crippen LogP contribution >= 0.6 is 11.8 Å². The van der Waals surface area contributed by atoms with Gasteiger partial charge in [0.05, 0.1) is 6.10 Å². The van der Waals surface area contributed by atoms with Gasteiger partial charge in [0.2, 0.25) is 5.95 Å². The highest BCUT2D eigenvalue weighted by Gasteiger charge is 2.20. The van der Waals surface area contributed by atoms with Crippen LogP contribution in [0.25, 0.3) is 0 Å². The Bertz CT molecular complexity index is 417. The molecule has 0 aliphatic carbocycles. The lowest BCUT2D eigenvalue weighted by atomic mass is 10.1. The van der Waals surface area contributed by atoms with Gasteiger partial charge in [-0.15, -0.1) is 0 Å². The Balaban J connectivity index is 2.70. The maximum Gasteiger partial charge on any atom is 0.248 e. The summed E-state index contributed by atoms with van der Waals surface area (Å²) in [6, 6.07) is 0.759. The van der Waals surface area contributed by atoms with E-state index in [0.717, 1.165) is 24.0 Å². The Hall–Kier alpha value is -1.05. The van der Waals surface area contributed by atoms with Crippen molar-refractivity contribution in [2.45, 2.75) is 19.1 Å². The van der Waals surface area contributed by atoms with Gasteiger partial charge in [0.15, 0.2) is 10.9 Å². The number of halogens is 2. The van der Waals surface area contributed by atoms with Crippen molar-refractivity contribution in [1.29, 1.82) is 0 Å². The van der Waals surface area contributed by atoms with E-state index in [-0.39, 0.29) is 16.4 Å². The zero-order chi connectivity index (χ0) is 13.0. The molecule has 0 saturated carbocycles. The van der Waals surface area contributed by atoms with Gasteiger partial charge in [-0.2, -0.15) is 4.39 Å². The maximum atomic E-state index is 12.8. The fourth-order valence-corrected chi connectivity index (χ4v) is 1.70. The normalized spacial score (nSPS) is 14.4. The monoisotopic (exact) mass is 263 g/mol. The lowest BCUT2D eigenvalue weighted by Crippen LogP contribution is -2.21. The summed E-state index contributed by atoms with van der Waals surface area (Å²) in [6.07, 6.45) is -1.73. The number of aromatic nitrogens is 1. The van der Waals surface area contributed by atoms with Crippen LogP contribution in [0.5, 0.6) is 0 Å². The van der Waals surface area contributed by atoms with Crippen molar-refractivity contribution < 1.29 is 23.8 Å². The molecule has 0 radical (unpaired) electrons. The van der Waals surface area contributed by atoms with E-state index in [4.69, 9.17) is 0 Å². The van der Waals surface area contributed by atoms with Crippen molar-refractivity contribution in [2.75, 3.05) is 5.75 Å². The molecule has 1 aromatic heterocycles. The Morgan fingerprint density at radius 3 is 2.71 bits per heavy atom. The van der Waals surface area contributed by atoms with Crippen LogP contribution in [-0.2, 0) is 4.79 Å². The molecule has 4 nitrogen and oxygen atoms in total. The third-order valence-corrected chi connectivity index (χ3v) is 2.90. The average Bonchev–Trinajstić information content (AvgIpc) is 2.28. The SMILES string of the molecule is CC(=O)SCC(O)C(O)c1cnc(F)c(F)c1. The molecule has 0 fully saturated rings. The maximum absolute atomic E-state index is 12.8. The van der Waals surface area contributed by atoms with E-state index in [1.165, 1.54) is 6.92 Å². The second-order valence-corrected chi connectivity index (χ2v) is 4.55. The summed E-state index contributed by atoms with van der Waals surface area (Å²) in [4.78, 5) is 13.7. The molecule has 2 atom stereocenters. The minimum absolute atomic E-state index is 0.0322. The molecule has 0 aliphatic rings. The van der Waals surface area contributed by atoms with Gasteiger partial charge in [-0.3, -0.25) is 4.79 Å². The predicted octanol–water partition coefficient (Wildman–Crippen LogP) is 1.03. The molecular formula is C10H11F2NO3S. The van der Waals surface area contributed by atoms with Gasteiger partial charge >= 0.3 is 0 Å². The van der Waals surface area contributed by atoms with Crippen molar-refractivity contribution in [3.8, 4) is 0 Å². The predicted molar refractivity (Wildman–Crippen MR) is 58.3 cm³/mol. The van der Waals surface area contributed by atoms with Crippen molar-refractivity contribution in [3.05, 3.63) is 29.6 Å². The molecule has 1 aromatic rings. The lowest BCUT2D eigenvalue weighted by molar-refractivity contribution is -0.109. The minimum Gasteiger partial charge on any atom is -0.389 e. The first-order valence-corrected chi connectivity index (χ1v) is 5.70. The molecule has 0 saturated heterocycles. The van der Waals surface area contributed by atoms with Gasteiger partial charge in [0.1, 0.15) is 6.10 Å². The first kappa shape index (κ1) is 14.0. The molecule has 94 valence electrons. The smallest absolute Gasteiger partial charge is 0.248 e. The molecule has 0 spiro atoms. The van der Waals surface area contributed by atoms with Crippen LogP contribution in [0.15, 0.2) is 12.3 Å². The van der Waals surface area contributed by atoms with Crippen LogP contribution < -0.4 is 0 Å². The Morgan fingerprint density at radius 1 is 1.53 bits per heavy atom. The van der Waals surface area contributed by atoms with Gasteiger partial charge < -0.3 is 10.2 Å². The summed E-state index contributed by atoms with van der Waals surface area (Å²) in [5.74, 6) is -2.50. The standard InChI is InChI=1S/C10H11F2NO3S/c1-5(14)17-4-8(15)9(16)6-2-7(11)10(12)13-3-6/h2-3,8-9,15-16H,4H2,1H3. The van der Waals surface area contributed by atoms with Crippen LogP contribution in [0.1, 0.15) is 18.6 Å². The summed E-state index contributed by atoms with van der Waals surface area (Å²) in [6.45, 7) is 1.32. The zero-order valence-corrected chi connectivity index (χ0v) is 9.75. The number of thioether (sulfide) groups is 1. The Kier molecular flexibility index (Phi) is 4.98. The second-order valence-electron chi connectivity index (χ2n) is 3.36. The number of aliphatic hydroxyl groups is 2. The van der Waals surface area contributed by atoms with Gasteiger partial charge in [-0.05, 0) is 6.07 Å². The number of hydrogen-bond acceptors (Lipinski definition) is 5. The molecule has 2 N–H and O–H groups in total. The first-order chi connectivity index (χ1) is 7.91. The molecule has 0 aromatic carbocycles. The molecule has 2 unspecified atom stereocenters. The summed E-state index contributed by atoms with van der Waals surface area (Å²) in [5.41, 5.74) is -0.0412. The van der Waals surface area contributed by atoms with Crippen LogP contribution in [0.3, 0.4) is 0 Å². The molecule has 0 bridgehead atoms. The van der Waals surface area contributed by atoms with Gasteiger partial charge in [-0.25, -0.2) is 9.37 Å². The Morgan fingerprint density at radius 2 is 2.18 bits per heavy atom. The molecule has 0 aliphatic heterocycles. The van der Waals surface area contributed by atoms with Crippen molar-refractivity contribution in [2.24, 2.45) is 0 Å². The quantitative estimate of drug-likeness (QED) is 0.794. The summed E-state index contributed by atoms with van der Waals surface area (Å²) < 4.78 is 25.4. The number of nitrogens with zero attached hydrogens (tertiary/aromatic N) is 1. The highest BCUT2D eigenvalue weighted by atomic mass is 32.2. The third kappa shape index (κ3) is 4.03. The number of aliphatic hydroxyl groups excluding tert-OH is 2. The minimum atomic E-state index is -1.41. The van der Waals surface area contributed by atoms with E-state index in [2.05, 4.69) is 4.98 Å². The summed E-state index contributed by atoms with van der Waals surface area (Å²) in [5, 5.41) is 18.9. The van der Waals surface area contributed by atoms with E-state index >= 15 is 0 Å². The fraction of sp³-hybridized carbons (Fsp3) is 0.400. The topological polar surface area (TPSA) is 70.4 Å². The van der Waals surface area contributed by atoms with Crippen LogP contribution in [0, 0.1) is 11.8 Å². The lowest BCUT2D eigenvalue weighted by Gasteiger charge is -2.16. The van der Waals surface area contributed by atoms with Crippen LogP contribution in [0.2, 0.25) is 0 Å². The molecule has 1 rings (SSSR count). The molecular weight excluding hydrogens is 252 g/mol. The van der Waals surface area contributed by atoms with E-state index in [0.29, 0.717) is 0 Å². The highest BCUT2D eigenvalue weighted by Crippen LogP contribution is 2.20. The van der Waals surface area contributed by atoms with E-state index in [1.54, 1.807) is 0 Å². The fourth-order valence-electron chi connectivity index (χ4n) is 1.11. The van der Waals surface area contributed by atoms with Crippen molar-refractivity contribution in [1.82, 2.24) is 4.98 Å². The number of pyridine rings is 1. The Labute approximate surface area is 101 Å². The van der Waals surface area contributed by atoms with Gasteiger partial charge in [0, 0.05) is 24.4 Å². The van der Waals surface area contributed by atoms with E-state index in [1.807, 2.05) is 0 Å². The third-order valence-electron chi connectivity index (χ3n) is 1.98. The largest absolute Gasteiger partial charge is 0.389 e. The zero-order valence-electron chi connectivity index (χ0n) is 8.93.